The number of alkyl halides is 3. The molecule has 7 nitrogen and oxygen atoms in total. The lowest BCUT2D eigenvalue weighted by Crippen LogP contribution is -2.38. The second-order valence-electron chi connectivity index (χ2n) is 10.0. The molecule has 0 N–H and O–H groups in total. The lowest BCUT2D eigenvalue weighted by Gasteiger charge is -2.33. The summed E-state index contributed by atoms with van der Waals surface area (Å²) in [6.45, 7) is 1.61. The molecule has 2 saturated heterocycles. The Hall–Kier alpha value is -3.66. The van der Waals surface area contributed by atoms with E-state index in [1.807, 2.05) is 17.0 Å². The molecule has 2 fully saturated rings. The fourth-order valence-electron chi connectivity index (χ4n) is 5.33. The Kier molecular flexibility index (Phi) is 8.83. The van der Waals surface area contributed by atoms with Crippen molar-refractivity contribution in [2.75, 3.05) is 29.4 Å². The predicted octanol–water partition coefficient (Wildman–Crippen LogP) is 5.45. The molecular formula is C28H31F3N6O. The van der Waals surface area contributed by atoms with Gasteiger partial charge in [0.1, 0.15) is 11.6 Å². The molecule has 0 bridgehead atoms. The number of aryl methyl sites for hydroxylation is 1. The number of hydrogen-bond acceptors (Lipinski definition) is 7. The quantitative estimate of drug-likeness (QED) is 0.430. The van der Waals surface area contributed by atoms with E-state index < -0.39 is 18.0 Å². The normalized spacial score (nSPS) is 18.3. The van der Waals surface area contributed by atoms with Gasteiger partial charge in [-0.25, -0.2) is 9.97 Å². The Morgan fingerprint density at radius 2 is 1.74 bits per heavy atom. The first kappa shape index (κ1) is 27.4. The molecule has 3 heterocycles. The van der Waals surface area contributed by atoms with Crippen molar-refractivity contribution in [1.29, 1.82) is 10.5 Å². The monoisotopic (exact) mass is 524 g/mol. The second kappa shape index (κ2) is 12.3. The fraction of sp³-hybridized carbons (Fsp3) is 0.536. The lowest BCUT2D eigenvalue weighted by molar-refractivity contribution is -0.144. The molecule has 0 aliphatic carbocycles. The highest BCUT2D eigenvalue weighted by Gasteiger charge is 2.38. The minimum Gasteiger partial charge on any atom is -0.356 e. The molecular weight excluding hydrogens is 493 g/mol. The topological polar surface area (TPSA) is 96.9 Å². The predicted molar refractivity (Wildman–Crippen MR) is 136 cm³/mol. The highest BCUT2D eigenvalue weighted by atomic mass is 19.4. The van der Waals surface area contributed by atoms with Crippen LogP contribution in [0.25, 0.3) is 0 Å². The minimum absolute atomic E-state index is 0.00294. The zero-order chi connectivity index (χ0) is 27.1. The van der Waals surface area contributed by atoms with E-state index in [0.29, 0.717) is 69.6 Å². The van der Waals surface area contributed by atoms with Crippen LogP contribution in [0.2, 0.25) is 0 Å². The number of nitrogens with zero attached hydrogens (tertiary/aromatic N) is 6. The van der Waals surface area contributed by atoms with Crippen LogP contribution in [0, 0.1) is 28.6 Å². The first-order valence-corrected chi connectivity index (χ1v) is 13.1. The van der Waals surface area contributed by atoms with E-state index in [4.69, 9.17) is 10.5 Å². The van der Waals surface area contributed by atoms with Crippen molar-refractivity contribution in [2.24, 2.45) is 5.92 Å². The number of piperidine rings is 1. The van der Waals surface area contributed by atoms with Crippen molar-refractivity contribution in [3.05, 3.63) is 47.3 Å². The van der Waals surface area contributed by atoms with Gasteiger partial charge < -0.3 is 9.80 Å². The van der Waals surface area contributed by atoms with Gasteiger partial charge in [-0.2, -0.15) is 23.7 Å². The third-order valence-corrected chi connectivity index (χ3v) is 7.45. The van der Waals surface area contributed by atoms with Crippen LogP contribution in [0.4, 0.5) is 24.8 Å². The average Bonchev–Trinajstić information content (AvgIpc) is 3.42. The van der Waals surface area contributed by atoms with Gasteiger partial charge in [0.25, 0.3) is 0 Å². The summed E-state index contributed by atoms with van der Waals surface area (Å²) in [6, 6.07) is 12.6. The van der Waals surface area contributed by atoms with Crippen LogP contribution in [0.1, 0.15) is 68.3 Å². The van der Waals surface area contributed by atoms with Gasteiger partial charge in [0.05, 0.1) is 23.7 Å². The molecule has 0 saturated carbocycles. The molecule has 2 aromatic rings. The van der Waals surface area contributed by atoms with Crippen LogP contribution < -0.4 is 9.80 Å². The van der Waals surface area contributed by atoms with Crippen LogP contribution in [-0.2, 0) is 17.4 Å². The van der Waals surface area contributed by atoms with E-state index in [1.165, 1.54) is 0 Å². The summed E-state index contributed by atoms with van der Waals surface area (Å²) in [4.78, 5) is 24.4. The standard InChI is InChI=1S/C28H31F3N6O/c29-28(30,31)27-34-25(36-16-12-21(13-17-36)5-2-14-32)18-26(35-27)37-15-3-6-23(37)24(38)7-1-4-20-8-10-22(19-33)11-9-20/h8-11,18,21,23H,1-7,12-13,15-17H2/t23-/m0/s1. The largest absolute Gasteiger partial charge is 0.451 e. The van der Waals surface area contributed by atoms with E-state index in [9.17, 15) is 18.0 Å². The number of ketones is 1. The molecule has 38 heavy (non-hydrogen) atoms. The van der Waals surface area contributed by atoms with Gasteiger partial charge in [-0.15, -0.1) is 0 Å². The first-order valence-electron chi connectivity index (χ1n) is 13.1. The van der Waals surface area contributed by atoms with Crippen LogP contribution in [0.3, 0.4) is 0 Å². The molecule has 1 aromatic carbocycles. The van der Waals surface area contributed by atoms with Gasteiger partial charge in [-0.3, -0.25) is 4.79 Å². The van der Waals surface area contributed by atoms with Gasteiger partial charge in [0.15, 0.2) is 5.78 Å². The third-order valence-electron chi connectivity index (χ3n) is 7.45. The second-order valence-corrected chi connectivity index (χ2v) is 10.0. The molecule has 0 unspecified atom stereocenters. The van der Waals surface area contributed by atoms with Crippen LogP contribution in [0.15, 0.2) is 30.3 Å². The summed E-state index contributed by atoms with van der Waals surface area (Å²) in [6.07, 6.45) is 1.10. The summed E-state index contributed by atoms with van der Waals surface area (Å²) in [5.74, 6) is -0.408. The number of aromatic nitrogens is 2. The maximum atomic E-state index is 13.8. The van der Waals surface area contributed by atoms with Gasteiger partial charge in [0, 0.05) is 38.5 Å². The smallest absolute Gasteiger partial charge is 0.356 e. The maximum absolute atomic E-state index is 13.8. The molecule has 0 spiro atoms. The third kappa shape index (κ3) is 6.80. The van der Waals surface area contributed by atoms with E-state index in [2.05, 4.69) is 22.1 Å². The number of nitriles is 2. The number of carbonyl (C=O) groups is 1. The summed E-state index contributed by atoms with van der Waals surface area (Å²) >= 11 is 0. The first-order chi connectivity index (χ1) is 18.3. The molecule has 2 aliphatic heterocycles. The fourth-order valence-corrected chi connectivity index (χ4v) is 5.33. The highest BCUT2D eigenvalue weighted by molar-refractivity contribution is 5.87. The van der Waals surface area contributed by atoms with E-state index >= 15 is 0 Å². The molecule has 0 amide bonds. The summed E-state index contributed by atoms with van der Waals surface area (Å²) < 4.78 is 41.3. The van der Waals surface area contributed by atoms with Gasteiger partial charge in [0.2, 0.25) is 5.82 Å². The number of halogens is 3. The van der Waals surface area contributed by atoms with Crippen molar-refractivity contribution in [2.45, 2.75) is 70.0 Å². The Morgan fingerprint density at radius 1 is 1.03 bits per heavy atom. The average molecular weight is 525 g/mol. The van der Waals surface area contributed by atoms with Gasteiger partial charge in [-0.1, -0.05) is 12.1 Å². The zero-order valence-corrected chi connectivity index (χ0v) is 21.3. The van der Waals surface area contributed by atoms with Crippen molar-refractivity contribution < 1.29 is 18.0 Å². The number of anilines is 2. The van der Waals surface area contributed by atoms with Crippen molar-refractivity contribution in [3.8, 4) is 12.1 Å². The molecule has 10 heteroatoms. The Labute approximate surface area is 220 Å². The number of hydrogen-bond donors (Lipinski definition) is 0. The number of rotatable bonds is 9. The molecule has 200 valence electrons. The Bertz CT molecular complexity index is 1190. The maximum Gasteiger partial charge on any atom is 0.451 e. The molecule has 4 rings (SSSR count). The summed E-state index contributed by atoms with van der Waals surface area (Å²) in [5.41, 5.74) is 1.61. The molecule has 1 atom stereocenters. The van der Waals surface area contributed by atoms with E-state index in [0.717, 1.165) is 24.8 Å². The van der Waals surface area contributed by atoms with Crippen molar-refractivity contribution in [3.63, 3.8) is 0 Å². The number of carbonyl (C=O) groups excluding carboxylic acids is 1. The number of benzene rings is 1. The van der Waals surface area contributed by atoms with Gasteiger partial charge >= 0.3 is 6.18 Å². The van der Waals surface area contributed by atoms with Crippen LogP contribution in [0.5, 0.6) is 0 Å². The van der Waals surface area contributed by atoms with Crippen molar-refractivity contribution in [1.82, 2.24) is 9.97 Å². The van der Waals surface area contributed by atoms with Crippen molar-refractivity contribution >= 4 is 17.4 Å². The van der Waals surface area contributed by atoms with Crippen LogP contribution >= 0.6 is 0 Å². The minimum atomic E-state index is -4.70. The summed E-state index contributed by atoms with van der Waals surface area (Å²) in [5, 5.41) is 17.7. The zero-order valence-electron chi connectivity index (χ0n) is 21.3. The highest BCUT2D eigenvalue weighted by Crippen LogP contribution is 2.34. The van der Waals surface area contributed by atoms with Crippen LogP contribution in [-0.4, -0.2) is 41.4 Å². The Balaban J connectivity index is 1.45. The molecule has 2 aliphatic rings. The molecule has 0 radical (unpaired) electrons. The summed E-state index contributed by atoms with van der Waals surface area (Å²) in [7, 11) is 0. The van der Waals surface area contributed by atoms with E-state index in [1.54, 1.807) is 23.1 Å². The number of Topliss-reactive ketones (excluding diaryl/α,β-unsaturated/α-hetero) is 1. The van der Waals surface area contributed by atoms with Gasteiger partial charge in [-0.05, 0) is 68.6 Å². The Morgan fingerprint density at radius 3 is 2.39 bits per heavy atom. The lowest BCUT2D eigenvalue weighted by atomic mass is 9.92. The van der Waals surface area contributed by atoms with E-state index in [-0.39, 0.29) is 17.4 Å². The molecule has 1 aromatic heterocycles. The SMILES string of the molecule is N#CCCC1CCN(c2cc(N3CCC[C@H]3C(=O)CCCc3ccc(C#N)cc3)nc(C(F)(F)F)n2)CC1.